The summed E-state index contributed by atoms with van der Waals surface area (Å²) in [5.41, 5.74) is 12.3. The topological polar surface area (TPSA) is 86.9 Å². The minimum Gasteiger partial charge on any atom is -0.383 e. The van der Waals surface area contributed by atoms with Crippen LogP contribution in [0.4, 0.5) is 10.2 Å². The Kier molecular flexibility index (Phi) is 3.01. The molecule has 1 heterocycles. The van der Waals surface area contributed by atoms with Gasteiger partial charge in [-0.15, -0.1) is 0 Å². The van der Waals surface area contributed by atoms with Crippen molar-refractivity contribution in [1.82, 2.24) is 9.78 Å². The molecule has 4 N–H and O–H groups in total. The Morgan fingerprint density at radius 1 is 1.50 bits per heavy atom. The van der Waals surface area contributed by atoms with Crippen molar-refractivity contribution in [2.75, 3.05) is 5.73 Å². The van der Waals surface area contributed by atoms with Crippen molar-refractivity contribution in [3.05, 3.63) is 41.3 Å². The first kappa shape index (κ1) is 12.1. The minimum absolute atomic E-state index is 0.130. The van der Waals surface area contributed by atoms with Gasteiger partial charge in [0, 0.05) is 0 Å². The number of hydrogen-bond acceptors (Lipinski definition) is 3. The zero-order chi connectivity index (χ0) is 13.3. The number of rotatable bonds is 3. The summed E-state index contributed by atoms with van der Waals surface area (Å²) in [6.07, 6.45) is 0.519. The summed E-state index contributed by atoms with van der Waals surface area (Å²) in [4.78, 5) is 11.3. The first-order valence-corrected chi connectivity index (χ1v) is 5.47. The highest BCUT2D eigenvalue weighted by Gasteiger charge is 2.19. The van der Waals surface area contributed by atoms with Gasteiger partial charge in [-0.05, 0) is 24.6 Å². The summed E-state index contributed by atoms with van der Waals surface area (Å²) in [6.45, 7) is 1.84. The van der Waals surface area contributed by atoms with Crippen LogP contribution in [0, 0.1) is 5.82 Å². The monoisotopic (exact) mass is 248 g/mol. The maximum atomic E-state index is 13.2. The van der Waals surface area contributed by atoms with Crippen LogP contribution in [0.2, 0.25) is 0 Å². The van der Waals surface area contributed by atoms with Crippen LogP contribution in [-0.2, 0) is 6.42 Å². The summed E-state index contributed by atoms with van der Waals surface area (Å²) in [5, 5.41) is 4.18. The number of amides is 1. The molecule has 0 atom stereocenters. The van der Waals surface area contributed by atoms with Gasteiger partial charge in [-0.25, -0.2) is 9.07 Å². The third-order valence-electron chi connectivity index (χ3n) is 2.63. The van der Waals surface area contributed by atoms with Crippen molar-refractivity contribution in [3.8, 4) is 5.69 Å². The molecule has 0 aliphatic carbocycles. The molecule has 0 fully saturated rings. The van der Waals surface area contributed by atoms with Crippen molar-refractivity contribution >= 4 is 11.7 Å². The van der Waals surface area contributed by atoms with E-state index in [9.17, 15) is 9.18 Å². The van der Waals surface area contributed by atoms with Gasteiger partial charge in [-0.2, -0.15) is 5.10 Å². The first-order chi connectivity index (χ1) is 8.54. The Morgan fingerprint density at radius 3 is 2.72 bits per heavy atom. The van der Waals surface area contributed by atoms with E-state index in [0.717, 1.165) is 0 Å². The Balaban J connectivity index is 2.63. The fourth-order valence-corrected chi connectivity index (χ4v) is 1.80. The number of benzene rings is 1. The van der Waals surface area contributed by atoms with E-state index in [-0.39, 0.29) is 11.4 Å². The van der Waals surface area contributed by atoms with Crippen LogP contribution in [0.25, 0.3) is 5.69 Å². The molecular formula is C12H13FN4O. The highest BCUT2D eigenvalue weighted by atomic mass is 19.1. The van der Waals surface area contributed by atoms with Crippen LogP contribution < -0.4 is 11.5 Å². The number of aromatic nitrogens is 2. The SMILES string of the molecule is CCc1nn(-c2cccc(F)c2)c(N)c1C(N)=O. The number of hydrogen-bond donors (Lipinski definition) is 2. The molecule has 18 heavy (non-hydrogen) atoms. The van der Waals surface area contributed by atoms with Crippen LogP contribution in [-0.4, -0.2) is 15.7 Å². The van der Waals surface area contributed by atoms with Gasteiger partial charge in [-0.1, -0.05) is 13.0 Å². The zero-order valence-electron chi connectivity index (χ0n) is 9.85. The Labute approximate surface area is 103 Å². The van der Waals surface area contributed by atoms with E-state index < -0.39 is 11.7 Å². The lowest BCUT2D eigenvalue weighted by Crippen LogP contribution is -2.15. The number of halogens is 1. The quantitative estimate of drug-likeness (QED) is 0.857. The number of carbonyl (C=O) groups excluding carboxylic acids is 1. The Bertz CT molecular complexity index is 606. The molecule has 1 aromatic heterocycles. The number of anilines is 1. The van der Waals surface area contributed by atoms with E-state index in [1.54, 1.807) is 12.1 Å². The van der Waals surface area contributed by atoms with E-state index in [0.29, 0.717) is 17.8 Å². The molecule has 0 saturated heterocycles. The highest BCUT2D eigenvalue weighted by Crippen LogP contribution is 2.21. The van der Waals surface area contributed by atoms with Gasteiger partial charge in [-0.3, -0.25) is 4.79 Å². The molecule has 6 heteroatoms. The molecule has 0 bridgehead atoms. The second-order valence-electron chi connectivity index (χ2n) is 3.82. The molecule has 94 valence electrons. The summed E-state index contributed by atoms with van der Waals surface area (Å²) in [5.74, 6) is -0.905. The zero-order valence-corrected chi connectivity index (χ0v) is 9.85. The molecule has 5 nitrogen and oxygen atoms in total. The molecule has 0 unspecified atom stereocenters. The Morgan fingerprint density at radius 2 is 2.22 bits per heavy atom. The van der Waals surface area contributed by atoms with Crippen molar-refractivity contribution in [1.29, 1.82) is 0 Å². The number of nitrogens with zero attached hydrogens (tertiary/aromatic N) is 2. The van der Waals surface area contributed by atoms with Crippen molar-refractivity contribution < 1.29 is 9.18 Å². The van der Waals surface area contributed by atoms with E-state index in [4.69, 9.17) is 11.5 Å². The fraction of sp³-hybridized carbons (Fsp3) is 0.167. The third-order valence-corrected chi connectivity index (χ3v) is 2.63. The molecule has 0 aliphatic heterocycles. The summed E-state index contributed by atoms with van der Waals surface area (Å²) in [7, 11) is 0. The lowest BCUT2D eigenvalue weighted by molar-refractivity contribution is 0.100. The predicted molar refractivity (Wildman–Crippen MR) is 65.8 cm³/mol. The number of aryl methyl sites for hydroxylation is 1. The van der Waals surface area contributed by atoms with Crippen molar-refractivity contribution in [2.24, 2.45) is 5.73 Å². The van der Waals surface area contributed by atoms with Gasteiger partial charge in [0.25, 0.3) is 5.91 Å². The molecule has 0 aliphatic rings. The predicted octanol–water partition coefficient (Wildman–Crippen LogP) is 1.25. The number of primary amides is 1. The maximum Gasteiger partial charge on any atom is 0.254 e. The van der Waals surface area contributed by atoms with Crippen molar-refractivity contribution in [2.45, 2.75) is 13.3 Å². The van der Waals surface area contributed by atoms with Crippen LogP contribution in [0.1, 0.15) is 23.0 Å². The number of nitrogen functional groups attached to an aromatic ring is 1. The molecule has 2 rings (SSSR count). The van der Waals surface area contributed by atoms with E-state index in [1.807, 2.05) is 6.92 Å². The van der Waals surface area contributed by atoms with Crippen LogP contribution in [0.3, 0.4) is 0 Å². The van der Waals surface area contributed by atoms with Gasteiger partial charge in [0.05, 0.1) is 11.4 Å². The average molecular weight is 248 g/mol. The summed E-state index contributed by atoms with van der Waals surface area (Å²) in [6, 6.07) is 5.80. The van der Waals surface area contributed by atoms with E-state index in [1.165, 1.54) is 16.8 Å². The molecule has 0 spiro atoms. The molecule has 2 aromatic rings. The largest absolute Gasteiger partial charge is 0.383 e. The van der Waals surface area contributed by atoms with Gasteiger partial charge >= 0.3 is 0 Å². The molecule has 1 aromatic carbocycles. The van der Waals surface area contributed by atoms with Crippen LogP contribution >= 0.6 is 0 Å². The van der Waals surface area contributed by atoms with Gasteiger partial charge in [0.2, 0.25) is 0 Å². The second kappa shape index (κ2) is 4.48. The molecular weight excluding hydrogens is 235 g/mol. The fourth-order valence-electron chi connectivity index (χ4n) is 1.80. The van der Waals surface area contributed by atoms with E-state index in [2.05, 4.69) is 5.10 Å². The lowest BCUT2D eigenvalue weighted by Gasteiger charge is -2.03. The summed E-state index contributed by atoms with van der Waals surface area (Å²) >= 11 is 0. The maximum absolute atomic E-state index is 13.2. The van der Waals surface area contributed by atoms with Gasteiger partial charge < -0.3 is 11.5 Å². The van der Waals surface area contributed by atoms with Crippen LogP contribution in [0.5, 0.6) is 0 Å². The van der Waals surface area contributed by atoms with Gasteiger partial charge in [0.15, 0.2) is 0 Å². The smallest absolute Gasteiger partial charge is 0.254 e. The minimum atomic E-state index is -0.632. The highest BCUT2D eigenvalue weighted by molar-refractivity contribution is 5.98. The molecule has 0 saturated carbocycles. The standard InChI is InChI=1S/C12H13FN4O/c1-2-9-10(12(15)18)11(14)17(16-9)8-5-3-4-7(13)6-8/h3-6H,2,14H2,1H3,(H2,15,18). The number of nitrogens with two attached hydrogens (primary N) is 2. The lowest BCUT2D eigenvalue weighted by atomic mass is 10.2. The molecule has 0 radical (unpaired) electrons. The van der Waals surface area contributed by atoms with Gasteiger partial charge in [0.1, 0.15) is 17.2 Å². The number of carbonyl (C=O) groups is 1. The summed E-state index contributed by atoms with van der Waals surface area (Å²) < 4.78 is 14.5. The van der Waals surface area contributed by atoms with E-state index >= 15 is 0 Å². The Hall–Kier alpha value is -2.37. The van der Waals surface area contributed by atoms with Crippen molar-refractivity contribution in [3.63, 3.8) is 0 Å². The third kappa shape index (κ3) is 1.92. The normalized spacial score (nSPS) is 10.6. The first-order valence-electron chi connectivity index (χ1n) is 5.47. The second-order valence-corrected chi connectivity index (χ2v) is 3.82. The average Bonchev–Trinajstić information content (AvgIpc) is 2.66. The molecule has 1 amide bonds. The van der Waals surface area contributed by atoms with Crippen LogP contribution in [0.15, 0.2) is 24.3 Å².